The molecule has 0 aliphatic rings. The maximum Gasteiger partial charge on any atom is 0.419 e. The summed E-state index contributed by atoms with van der Waals surface area (Å²) in [5.41, 5.74) is 2.09. The van der Waals surface area contributed by atoms with Gasteiger partial charge in [0.1, 0.15) is 11.4 Å². The van der Waals surface area contributed by atoms with Crippen molar-refractivity contribution in [2.45, 2.75) is 78.8 Å². The van der Waals surface area contributed by atoms with Gasteiger partial charge in [-0.25, -0.2) is 9.36 Å². The Bertz CT molecular complexity index is 869. The Morgan fingerprint density at radius 3 is 2.21 bits per heavy atom. The van der Waals surface area contributed by atoms with Crippen LogP contribution in [-0.4, -0.2) is 31.7 Å². The molecule has 0 spiro atoms. The van der Waals surface area contributed by atoms with Crippen molar-refractivity contribution >= 4 is 25.3 Å². The van der Waals surface area contributed by atoms with Gasteiger partial charge in [0.05, 0.1) is 19.2 Å². The average molecular weight is 406 g/mol. The summed E-state index contributed by atoms with van der Waals surface area (Å²) in [6, 6.07) is 5.73. The molecule has 0 amide bonds. The van der Waals surface area contributed by atoms with Crippen molar-refractivity contribution in [1.82, 2.24) is 4.57 Å². The Balaban J connectivity index is 2.55. The molecule has 0 fully saturated rings. The molecule has 28 heavy (non-hydrogen) atoms. The topological polar surface area (TPSA) is 49.7 Å². The number of nitrogens with zero attached hydrogens (tertiary/aromatic N) is 1. The Hall–Kier alpha value is -1.79. The highest BCUT2D eigenvalue weighted by Gasteiger charge is 2.37. The van der Waals surface area contributed by atoms with Gasteiger partial charge < -0.3 is 13.9 Å². The van der Waals surface area contributed by atoms with Crippen LogP contribution in [0.4, 0.5) is 4.79 Å². The fourth-order valence-electron chi connectivity index (χ4n) is 2.78. The summed E-state index contributed by atoms with van der Waals surface area (Å²) in [7, 11) is -0.289. The average Bonchev–Trinajstić information content (AvgIpc) is 2.81. The number of fused-ring (bicyclic) bond motifs is 1. The van der Waals surface area contributed by atoms with Crippen LogP contribution in [0.2, 0.25) is 18.1 Å². The summed E-state index contributed by atoms with van der Waals surface area (Å²) < 4.78 is 19.2. The molecule has 0 bridgehead atoms. The van der Waals surface area contributed by atoms with E-state index in [-0.39, 0.29) is 11.1 Å². The number of hydrogen-bond acceptors (Lipinski definition) is 4. The van der Waals surface area contributed by atoms with Crippen molar-refractivity contribution in [3.63, 3.8) is 0 Å². The predicted molar refractivity (Wildman–Crippen MR) is 117 cm³/mol. The molecule has 0 radical (unpaired) electrons. The summed E-state index contributed by atoms with van der Waals surface area (Å²) in [5.74, 6) is 0.752. The monoisotopic (exact) mass is 405 g/mol. The van der Waals surface area contributed by atoms with Gasteiger partial charge in [-0.2, -0.15) is 0 Å². The molecule has 0 atom stereocenters. The Labute approximate surface area is 170 Å². The molecule has 2 rings (SSSR count). The third-order valence-electron chi connectivity index (χ3n) is 5.50. The molecule has 156 valence electrons. The van der Waals surface area contributed by atoms with Gasteiger partial charge in [0, 0.05) is 16.6 Å². The maximum absolute atomic E-state index is 12.9. The molecule has 0 unspecified atom stereocenters. The van der Waals surface area contributed by atoms with Gasteiger partial charge in [0.25, 0.3) is 0 Å². The minimum absolute atomic E-state index is 0.113. The van der Waals surface area contributed by atoms with Crippen LogP contribution in [0, 0.1) is 6.92 Å². The first-order valence-corrected chi connectivity index (χ1v) is 12.6. The smallest absolute Gasteiger partial charge is 0.419 e. The van der Waals surface area contributed by atoms with Crippen molar-refractivity contribution in [3.8, 4) is 5.75 Å². The lowest BCUT2D eigenvalue weighted by molar-refractivity contribution is 0.0541. The highest BCUT2D eigenvalue weighted by Crippen LogP contribution is 2.38. The molecule has 2 aromatic rings. The van der Waals surface area contributed by atoms with E-state index in [0.717, 1.165) is 27.9 Å². The molecular weight excluding hydrogens is 370 g/mol. The van der Waals surface area contributed by atoms with Gasteiger partial charge in [0.2, 0.25) is 0 Å². The van der Waals surface area contributed by atoms with Gasteiger partial charge >= 0.3 is 6.09 Å². The number of rotatable bonds is 4. The lowest BCUT2D eigenvalue weighted by Crippen LogP contribution is -2.40. The van der Waals surface area contributed by atoms with Crippen LogP contribution in [-0.2, 0) is 15.8 Å². The van der Waals surface area contributed by atoms with Gasteiger partial charge in [-0.05, 0) is 64.0 Å². The van der Waals surface area contributed by atoms with E-state index in [2.05, 4.69) is 33.9 Å². The summed E-state index contributed by atoms with van der Waals surface area (Å²) in [6.07, 6.45) is -0.376. The van der Waals surface area contributed by atoms with Crippen LogP contribution in [0.3, 0.4) is 0 Å². The molecule has 0 saturated heterocycles. The van der Waals surface area contributed by atoms with Crippen molar-refractivity contribution < 1.29 is 18.7 Å². The van der Waals surface area contributed by atoms with Crippen LogP contribution < -0.4 is 4.74 Å². The highest BCUT2D eigenvalue weighted by atomic mass is 28.4. The Morgan fingerprint density at radius 2 is 1.71 bits per heavy atom. The van der Waals surface area contributed by atoms with Crippen LogP contribution in [0.5, 0.6) is 5.75 Å². The van der Waals surface area contributed by atoms with E-state index in [0.29, 0.717) is 6.61 Å². The lowest BCUT2D eigenvalue weighted by atomic mass is 10.1. The molecule has 1 aromatic carbocycles. The molecule has 0 N–H and O–H groups in total. The molecular formula is C22H35NO4Si. The number of methoxy groups -OCH3 is 1. The third-order valence-corrected chi connectivity index (χ3v) is 9.98. The SMILES string of the molecule is COc1ccc2c(c1)c(CO[Si](C)(C)C(C)(C)C)c(C)n2C(=O)OC(C)(C)C. The largest absolute Gasteiger partial charge is 0.497 e. The van der Waals surface area contributed by atoms with Crippen LogP contribution in [0.25, 0.3) is 10.9 Å². The lowest BCUT2D eigenvalue weighted by Gasteiger charge is -2.36. The number of aromatic nitrogens is 1. The zero-order chi connectivity index (χ0) is 21.5. The quantitative estimate of drug-likeness (QED) is 0.563. The molecule has 0 aliphatic heterocycles. The first kappa shape index (κ1) is 22.5. The van der Waals surface area contributed by atoms with Crippen molar-refractivity contribution in [2.75, 3.05) is 7.11 Å². The van der Waals surface area contributed by atoms with E-state index in [4.69, 9.17) is 13.9 Å². The van der Waals surface area contributed by atoms with Crippen molar-refractivity contribution in [1.29, 1.82) is 0 Å². The minimum Gasteiger partial charge on any atom is -0.497 e. The van der Waals surface area contributed by atoms with E-state index in [9.17, 15) is 4.79 Å². The fourth-order valence-corrected chi connectivity index (χ4v) is 3.72. The minimum atomic E-state index is -1.93. The second kappa shape index (κ2) is 7.56. The van der Waals surface area contributed by atoms with E-state index >= 15 is 0 Å². The highest BCUT2D eigenvalue weighted by molar-refractivity contribution is 6.74. The normalized spacial score (nSPS) is 13.1. The first-order valence-electron chi connectivity index (χ1n) is 9.73. The van der Waals surface area contributed by atoms with Crippen LogP contribution >= 0.6 is 0 Å². The zero-order valence-corrected chi connectivity index (χ0v) is 20.0. The van der Waals surface area contributed by atoms with Gasteiger partial charge in [-0.15, -0.1) is 0 Å². The van der Waals surface area contributed by atoms with E-state index in [1.54, 1.807) is 11.7 Å². The zero-order valence-electron chi connectivity index (χ0n) is 19.0. The number of carbonyl (C=O) groups is 1. The molecule has 5 nitrogen and oxygen atoms in total. The molecule has 0 saturated carbocycles. The number of carbonyl (C=O) groups excluding carboxylic acids is 1. The fraction of sp³-hybridized carbons (Fsp3) is 0.591. The summed E-state index contributed by atoms with van der Waals surface area (Å²) in [6.45, 7) is 19.1. The number of hydrogen-bond donors (Lipinski definition) is 0. The van der Waals surface area contributed by atoms with E-state index in [1.165, 1.54) is 0 Å². The third kappa shape index (κ3) is 4.61. The van der Waals surface area contributed by atoms with Crippen LogP contribution in [0.1, 0.15) is 52.8 Å². The van der Waals surface area contributed by atoms with E-state index in [1.807, 2.05) is 45.9 Å². The van der Waals surface area contributed by atoms with Gasteiger partial charge in [-0.3, -0.25) is 0 Å². The Kier molecular flexibility index (Phi) is 6.07. The van der Waals surface area contributed by atoms with Crippen molar-refractivity contribution in [3.05, 3.63) is 29.5 Å². The van der Waals surface area contributed by atoms with Crippen LogP contribution in [0.15, 0.2) is 18.2 Å². The summed E-state index contributed by atoms with van der Waals surface area (Å²) in [5, 5.41) is 1.07. The first-order chi connectivity index (χ1) is 12.7. The standard InChI is InChI=1S/C22H35NO4Si/c1-15-18(14-26-28(9,10)22(5,6)7)17-13-16(25-8)11-12-19(17)23(15)20(24)27-21(2,3)4/h11-13H,14H2,1-10H3. The molecule has 6 heteroatoms. The number of benzene rings is 1. The molecule has 1 aromatic heterocycles. The molecule has 1 heterocycles. The second-order valence-corrected chi connectivity index (χ2v) is 14.6. The Morgan fingerprint density at radius 1 is 1.11 bits per heavy atom. The summed E-state index contributed by atoms with van der Waals surface area (Å²) in [4.78, 5) is 12.9. The summed E-state index contributed by atoms with van der Waals surface area (Å²) >= 11 is 0. The maximum atomic E-state index is 12.9. The second-order valence-electron chi connectivity index (χ2n) is 9.81. The van der Waals surface area contributed by atoms with Gasteiger partial charge in [-0.1, -0.05) is 20.8 Å². The number of ether oxygens (including phenoxy) is 2. The van der Waals surface area contributed by atoms with E-state index < -0.39 is 13.9 Å². The van der Waals surface area contributed by atoms with Gasteiger partial charge in [0.15, 0.2) is 8.32 Å². The van der Waals surface area contributed by atoms with Crippen molar-refractivity contribution in [2.24, 2.45) is 0 Å². The molecule has 0 aliphatic carbocycles. The predicted octanol–water partition coefficient (Wildman–Crippen LogP) is 6.26.